The fourth-order valence-electron chi connectivity index (χ4n) is 3.10. The summed E-state index contributed by atoms with van der Waals surface area (Å²) in [7, 11) is 0. The van der Waals surface area contributed by atoms with Crippen LogP contribution in [0.3, 0.4) is 0 Å². The van der Waals surface area contributed by atoms with Crippen molar-refractivity contribution in [1.82, 2.24) is 10.2 Å². The van der Waals surface area contributed by atoms with Gasteiger partial charge in [-0.3, -0.25) is 5.41 Å². The summed E-state index contributed by atoms with van der Waals surface area (Å²) in [5.41, 5.74) is 5.12. The summed E-state index contributed by atoms with van der Waals surface area (Å²) in [5.74, 6) is 0.680. The number of amidine groups is 1. The lowest BCUT2D eigenvalue weighted by molar-refractivity contribution is 0.163. The van der Waals surface area contributed by atoms with Gasteiger partial charge in [-0.05, 0) is 31.6 Å². The molecule has 4 N–H and O–H groups in total. The van der Waals surface area contributed by atoms with E-state index in [1.165, 1.54) is 6.42 Å². The van der Waals surface area contributed by atoms with Crippen molar-refractivity contribution in [2.75, 3.05) is 13.1 Å². The third-order valence-corrected chi connectivity index (χ3v) is 4.26. The number of urea groups is 1. The lowest BCUT2D eigenvalue weighted by Gasteiger charge is -2.36. The zero-order valence-corrected chi connectivity index (χ0v) is 11.2. The van der Waals surface area contributed by atoms with Gasteiger partial charge in [-0.1, -0.05) is 19.8 Å². The van der Waals surface area contributed by atoms with Crippen molar-refractivity contribution >= 4 is 11.9 Å². The second kappa shape index (κ2) is 5.16. The molecule has 0 spiro atoms. The van der Waals surface area contributed by atoms with Crippen LogP contribution in [0.1, 0.15) is 45.4 Å². The number of piperidine rings is 1. The van der Waals surface area contributed by atoms with Gasteiger partial charge in [-0.25, -0.2) is 4.79 Å². The lowest BCUT2D eigenvalue weighted by atomic mass is 9.96. The number of nitrogens with zero attached hydrogens (tertiary/aromatic N) is 1. The summed E-state index contributed by atoms with van der Waals surface area (Å²) in [6.45, 7) is 3.82. The number of carbonyl (C=O) groups excluding carboxylic acids is 1. The molecule has 1 aliphatic carbocycles. The van der Waals surface area contributed by atoms with Crippen LogP contribution in [-0.4, -0.2) is 35.4 Å². The number of hydrogen-bond donors (Lipinski definition) is 3. The van der Waals surface area contributed by atoms with Gasteiger partial charge in [0.05, 0.1) is 5.54 Å². The minimum absolute atomic E-state index is 0.0429. The van der Waals surface area contributed by atoms with E-state index >= 15 is 0 Å². The molecule has 1 saturated carbocycles. The van der Waals surface area contributed by atoms with Crippen LogP contribution in [-0.2, 0) is 0 Å². The van der Waals surface area contributed by atoms with Crippen molar-refractivity contribution in [1.29, 1.82) is 5.41 Å². The molecule has 2 fully saturated rings. The van der Waals surface area contributed by atoms with Crippen molar-refractivity contribution in [3.05, 3.63) is 0 Å². The number of nitrogens with one attached hydrogen (secondary N) is 2. The normalized spacial score (nSPS) is 26.9. The number of likely N-dealkylation sites (tertiary alicyclic amines) is 1. The third-order valence-electron chi connectivity index (χ3n) is 4.26. The smallest absolute Gasteiger partial charge is 0.318 e. The maximum atomic E-state index is 12.3. The first-order valence-corrected chi connectivity index (χ1v) is 6.95. The monoisotopic (exact) mass is 252 g/mol. The van der Waals surface area contributed by atoms with Crippen molar-refractivity contribution in [3.8, 4) is 0 Å². The molecule has 0 aromatic heterocycles. The molecule has 5 nitrogen and oxygen atoms in total. The molecule has 0 aromatic rings. The van der Waals surface area contributed by atoms with Gasteiger partial charge in [0.1, 0.15) is 5.84 Å². The molecule has 0 aromatic carbocycles. The summed E-state index contributed by atoms with van der Waals surface area (Å²) in [4.78, 5) is 14.1. The molecule has 1 aliphatic heterocycles. The highest BCUT2D eigenvalue weighted by molar-refractivity contribution is 5.92. The average Bonchev–Trinajstić information content (AvgIpc) is 2.79. The SMILES string of the molecule is CC1CCCN(C(=O)NC2(C(=N)N)CCCC2)C1. The van der Waals surface area contributed by atoms with E-state index in [9.17, 15) is 4.79 Å². The van der Waals surface area contributed by atoms with Crippen LogP contribution in [0, 0.1) is 11.3 Å². The van der Waals surface area contributed by atoms with E-state index in [1.54, 1.807) is 0 Å². The molecule has 2 rings (SSSR count). The Morgan fingerprint density at radius 2 is 2.06 bits per heavy atom. The number of hydrogen-bond acceptors (Lipinski definition) is 2. The van der Waals surface area contributed by atoms with E-state index in [4.69, 9.17) is 11.1 Å². The van der Waals surface area contributed by atoms with Gasteiger partial charge in [-0.2, -0.15) is 0 Å². The fourth-order valence-corrected chi connectivity index (χ4v) is 3.10. The van der Waals surface area contributed by atoms with Gasteiger partial charge >= 0.3 is 6.03 Å². The maximum absolute atomic E-state index is 12.3. The Balaban J connectivity index is 1.99. The molecule has 2 amide bonds. The number of rotatable bonds is 2. The molecule has 1 saturated heterocycles. The molecule has 5 heteroatoms. The van der Waals surface area contributed by atoms with Gasteiger partial charge in [0.25, 0.3) is 0 Å². The fraction of sp³-hybridized carbons (Fsp3) is 0.846. The third kappa shape index (κ3) is 2.60. The number of amides is 2. The summed E-state index contributed by atoms with van der Waals surface area (Å²) >= 11 is 0. The van der Waals surface area contributed by atoms with Gasteiger partial charge < -0.3 is 16.0 Å². The molecule has 1 atom stereocenters. The summed E-state index contributed by atoms with van der Waals surface area (Å²) < 4.78 is 0. The quantitative estimate of drug-likeness (QED) is 0.516. The number of carbonyl (C=O) groups is 1. The average molecular weight is 252 g/mol. The van der Waals surface area contributed by atoms with Gasteiger partial charge in [0.15, 0.2) is 0 Å². The van der Waals surface area contributed by atoms with Crippen LogP contribution in [0.25, 0.3) is 0 Å². The largest absolute Gasteiger partial charge is 0.386 e. The van der Waals surface area contributed by atoms with Gasteiger partial charge in [-0.15, -0.1) is 0 Å². The van der Waals surface area contributed by atoms with Crippen LogP contribution < -0.4 is 11.1 Å². The second-order valence-electron chi connectivity index (χ2n) is 5.83. The van der Waals surface area contributed by atoms with Crippen LogP contribution in [0.5, 0.6) is 0 Å². The summed E-state index contributed by atoms with van der Waals surface area (Å²) in [6.07, 6.45) is 5.95. The molecule has 102 valence electrons. The molecule has 1 unspecified atom stereocenters. The Labute approximate surface area is 109 Å². The first-order chi connectivity index (χ1) is 8.53. The van der Waals surface area contributed by atoms with Crippen LogP contribution in [0.4, 0.5) is 4.79 Å². The predicted molar refractivity (Wildman–Crippen MR) is 71.6 cm³/mol. The molecule has 18 heavy (non-hydrogen) atoms. The molecule has 0 radical (unpaired) electrons. The Hall–Kier alpha value is -1.26. The zero-order valence-electron chi connectivity index (χ0n) is 11.2. The Morgan fingerprint density at radius 1 is 1.39 bits per heavy atom. The minimum atomic E-state index is -0.572. The second-order valence-corrected chi connectivity index (χ2v) is 5.83. The maximum Gasteiger partial charge on any atom is 0.318 e. The summed E-state index contributed by atoms with van der Waals surface area (Å²) in [5, 5.41) is 10.8. The number of nitrogens with two attached hydrogens (primary N) is 1. The van der Waals surface area contributed by atoms with E-state index in [0.29, 0.717) is 5.92 Å². The Kier molecular flexibility index (Phi) is 3.78. The zero-order chi connectivity index (χ0) is 13.2. The first-order valence-electron chi connectivity index (χ1n) is 6.95. The molecule has 1 heterocycles. The van der Waals surface area contributed by atoms with Crippen LogP contribution in [0.15, 0.2) is 0 Å². The highest BCUT2D eigenvalue weighted by atomic mass is 16.2. The topological polar surface area (TPSA) is 82.2 Å². The van der Waals surface area contributed by atoms with E-state index in [1.807, 2.05) is 4.90 Å². The molecule has 0 bridgehead atoms. The van der Waals surface area contributed by atoms with Crippen LogP contribution >= 0.6 is 0 Å². The van der Waals surface area contributed by atoms with Crippen molar-refractivity contribution in [2.45, 2.75) is 51.0 Å². The Bertz CT molecular complexity index is 336. The van der Waals surface area contributed by atoms with Gasteiger partial charge in [0, 0.05) is 13.1 Å². The minimum Gasteiger partial charge on any atom is -0.386 e. The van der Waals surface area contributed by atoms with E-state index in [-0.39, 0.29) is 11.9 Å². The van der Waals surface area contributed by atoms with Crippen molar-refractivity contribution in [3.63, 3.8) is 0 Å². The standard InChI is InChI=1S/C13H24N4O/c1-10-5-4-8-17(9-10)12(18)16-13(11(14)15)6-2-3-7-13/h10H,2-9H2,1H3,(H3,14,15)(H,16,18). The lowest BCUT2D eigenvalue weighted by Crippen LogP contribution is -2.59. The summed E-state index contributed by atoms with van der Waals surface area (Å²) in [6, 6.07) is -0.0429. The predicted octanol–water partition coefficient (Wildman–Crippen LogP) is 1.68. The molecule has 2 aliphatic rings. The van der Waals surface area contributed by atoms with Crippen molar-refractivity contribution in [2.24, 2.45) is 11.7 Å². The van der Waals surface area contributed by atoms with E-state index in [0.717, 1.165) is 45.2 Å². The highest BCUT2D eigenvalue weighted by Crippen LogP contribution is 2.30. The first kappa shape index (κ1) is 13.2. The Morgan fingerprint density at radius 3 is 2.61 bits per heavy atom. The molecular weight excluding hydrogens is 228 g/mol. The van der Waals surface area contributed by atoms with E-state index < -0.39 is 5.54 Å². The van der Waals surface area contributed by atoms with Gasteiger partial charge in [0.2, 0.25) is 0 Å². The highest BCUT2D eigenvalue weighted by Gasteiger charge is 2.39. The van der Waals surface area contributed by atoms with Crippen molar-refractivity contribution < 1.29 is 4.79 Å². The molecular formula is C13H24N4O. The van der Waals surface area contributed by atoms with Crippen LogP contribution in [0.2, 0.25) is 0 Å². The van der Waals surface area contributed by atoms with E-state index in [2.05, 4.69) is 12.2 Å².